The Morgan fingerprint density at radius 2 is 1.87 bits per heavy atom. The van der Waals surface area contributed by atoms with Crippen LogP contribution in [0.4, 0.5) is 5.13 Å². The fourth-order valence-electron chi connectivity index (χ4n) is 3.79. The van der Waals surface area contributed by atoms with Gasteiger partial charge in [0, 0.05) is 21.6 Å². The molecule has 5 rings (SSSR count). The van der Waals surface area contributed by atoms with Crippen molar-refractivity contribution in [2.45, 2.75) is 33.1 Å². The topological polar surface area (TPSA) is 80.9 Å². The minimum atomic E-state index is -0.170. The molecule has 1 aliphatic carbocycles. The molecule has 1 atom stereocenters. The van der Waals surface area contributed by atoms with E-state index in [1.54, 1.807) is 23.5 Å². The van der Waals surface area contributed by atoms with Crippen molar-refractivity contribution in [3.05, 3.63) is 70.2 Å². The monoisotopic (exact) mass is 430 g/mol. The average molecular weight is 431 g/mol. The summed E-state index contributed by atoms with van der Waals surface area (Å²) in [5.74, 6) is 1.42. The first kappa shape index (κ1) is 19.6. The Morgan fingerprint density at radius 1 is 1.10 bits per heavy atom. The van der Waals surface area contributed by atoms with Crippen molar-refractivity contribution in [2.75, 3.05) is 5.32 Å². The van der Waals surface area contributed by atoms with Gasteiger partial charge in [0.2, 0.25) is 11.8 Å². The minimum absolute atomic E-state index is 0.170. The van der Waals surface area contributed by atoms with Crippen molar-refractivity contribution < 1.29 is 9.21 Å². The smallest absolute Gasteiger partial charge is 0.257 e. The molecule has 2 aromatic carbocycles. The number of hydrogen-bond acceptors (Lipinski definition) is 6. The van der Waals surface area contributed by atoms with E-state index < -0.39 is 0 Å². The lowest BCUT2D eigenvalue weighted by atomic mass is 9.93. The molecule has 1 unspecified atom stereocenters. The van der Waals surface area contributed by atoms with Crippen LogP contribution < -0.4 is 5.32 Å². The molecule has 2 aromatic heterocycles. The lowest BCUT2D eigenvalue weighted by Crippen LogP contribution is -2.12. The second-order valence-corrected chi connectivity index (χ2v) is 9.08. The molecular formula is C24H22N4O2S. The lowest BCUT2D eigenvalue weighted by molar-refractivity contribution is 0.102. The van der Waals surface area contributed by atoms with E-state index in [1.807, 2.05) is 43.3 Å². The maximum Gasteiger partial charge on any atom is 0.257 e. The molecule has 7 heteroatoms. The number of carbonyl (C=O) groups is 1. The Bertz CT molecular complexity index is 1240. The molecule has 0 saturated heterocycles. The number of nitrogens with zero attached hydrogens (tertiary/aromatic N) is 3. The van der Waals surface area contributed by atoms with Crippen molar-refractivity contribution in [3.63, 3.8) is 0 Å². The van der Waals surface area contributed by atoms with E-state index in [0.717, 1.165) is 41.6 Å². The number of amides is 1. The van der Waals surface area contributed by atoms with Crippen LogP contribution in [0.2, 0.25) is 0 Å². The number of rotatable bonds is 4. The number of thiazole rings is 1. The number of carbonyl (C=O) groups excluding carboxylic acids is 1. The molecule has 2 heterocycles. The van der Waals surface area contributed by atoms with Crippen molar-refractivity contribution in [2.24, 2.45) is 5.92 Å². The second-order valence-electron chi connectivity index (χ2n) is 8.00. The standard InChI is InChI=1S/C24H22N4O2S/c1-14-7-12-19-20(13-14)31-24(25-19)26-21(29)16-8-10-17(11-9-16)22-27-28-23(30-22)18-6-4-3-5-15(18)2/h3-6,8-11,14H,7,12-13H2,1-2H3,(H,25,26,29). The number of anilines is 1. The lowest BCUT2D eigenvalue weighted by Gasteiger charge is -2.15. The molecule has 31 heavy (non-hydrogen) atoms. The molecular weight excluding hydrogens is 408 g/mol. The predicted octanol–water partition coefficient (Wildman–Crippen LogP) is 5.55. The van der Waals surface area contributed by atoms with Crippen LogP contribution in [-0.4, -0.2) is 21.1 Å². The fourth-order valence-corrected chi connectivity index (χ4v) is 4.95. The van der Waals surface area contributed by atoms with E-state index in [0.29, 0.717) is 28.4 Å². The SMILES string of the molecule is Cc1ccccc1-c1nnc(-c2ccc(C(=O)Nc3nc4c(s3)CC(C)CC4)cc2)o1. The van der Waals surface area contributed by atoms with Crippen molar-refractivity contribution in [3.8, 4) is 22.9 Å². The number of fused-ring (bicyclic) bond motifs is 1. The highest BCUT2D eigenvalue weighted by Crippen LogP contribution is 2.32. The summed E-state index contributed by atoms with van der Waals surface area (Å²) in [6.07, 6.45) is 3.20. The minimum Gasteiger partial charge on any atom is -0.416 e. The largest absolute Gasteiger partial charge is 0.416 e. The number of aromatic nitrogens is 3. The molecule has 1 amide bonds. The van der Waals surface area contributed by atoms with Crippen LogP contribution in [0, 0.1) is 12.8 Å². The maximum atomic E-state index is 12.7. The van der Waals surface area contributed by atoms with Crippen LogP contribution in [0.25, 0.3) is 22.9 Å². The van der Waals surface area contributed by atoms with Crippen LogP contribution in [0.3, 0.4) is 0 Å². The van der Waals surface area contributed by atoms with Gasteiger partial charge in [0.1, 0.15) is 0 Å². The van der Waals surface area contributed by atoms with Gasteiger partial charge in [-0.1, -0.05) is 25.1 Å². The van der Waals surface area contributed by atoms with Crippen molar-refractivity contribution >= 4 is 22.4 Å². The summed E-state index contributed by atoms with van der Waals surface area (Å²) in [6.45, 7) is 4.27. The summed E-state index contributed by atoms with van der Waals surface area (Å²) >= 11 is 1.59. The molecule has 1 N–H and O–H groups in total. The van der Waals surface area contributed by atoms with Crippen molar-refractivity contribution in [1.29, 1.82) is 0 Å². The van der Waals surface area contributed by atoms with E-state index >= 15 is 0 Å². The summed E-state index contributed by atoms with van der Waals surface area (Å²) in [6, 6.07) is 15.0. The Hall–Kier alpha value is -3.32. The highest BCUT2D eigenvalue weighted by molar-refractivity contribution is 7.15. The van der Waals surface area contributed by atoms with Gasteiger partial charge in [-0.3, -0.25) is 10.1 Å². The first-order valence-corrected chi connectivity index (χ1v) is 11.2. The first-order valence-electron chi connectivity index (χ1n) is 10.4. The third-order valence-electron chi connectivity index (χ3n) is 5.60. The van der Waals surface area contributed by atoms with Gasteiger partial charge in [0.15, 0.2) is 5.13 Å². The number of nitrogens with one attached hydrogen (secondary N) is 1. The van der Waals surface area contributed by atoms with Crippen LogP contribution in [-0.2, 0) is 12.8 Å². The molecule has 0 bridgehead atoms. The Kier molecular flexibility index (Phi) is 5.11. The highest BCUT2D eigenvalue weighted by Gasteiger charge is 2.21. The van der Waals surface area contributed by atoms with Gasteiger partial charge in [-0.15, -0.1) is 21.5 Å². The Labute approximate surface area is 184 Å². The Morgan fingerprint density at radius 3 is 2.68 bits per heavy atom. The van der Waals surface area contributed by atoms with Crippen LogP contribution in [0.15, 0.2) is 52.9 Å². The summed E-state index contributed by atoms with van der Waals surface area (Å²) in [5.41, 5.74) is 4.45. The summed E-state index contributed by atoms with van der Waals surface area (Å²) < 4.78 is 5.86. The van der Waals surface area contributed by atoms with Gasteiger partial charge >= 0.3 is 0 Å². The van der Waals surface area contributed by atoms with Crippen LogP contribution >= 0.6 is 11.3 Å². The van der Waals surface area contributed by atoms with E-state index in [4.69, 9.17) is 4.42 Å². The highest BCUT2D eigenvalue weighted by atomic mass is 32.1. The third-order valence-corrected chi connectivity index (χ3v) is 6.64. The average Bonchev–Trinajstić information content (AvgIpc) is 3.41. The van der Waals surface area contributed by atoms with Crippen molar-refractivity contribution in [1.82, 2.24) is 15.2 Å². The fraction of sp³-hybridized carbons (Fsp3) is 0.250. The molecule has 4 aromatic rings. The van der Waals surface area contributed by atoms with E-state index in [1.165, 1.54) is 4.88 Å². The number of benzene rings is 2. The summed E-state index contributed by atoms with van der Waals surface area (Å²) in [4.78, 5) is 18.6. The zero-order valence-electron chi connectivity index (χ0n) is 17.4. The zero-order chi connectivity index (χ0) is 21.4. The van der Waals surface area contributed by atoms with E-state index in [-0.39, 0.29) is 5.91 Å². The van der Waals surface area contributed by atoms with Gasteiger partial charge in [0.25, 0.3) is 5.91 Å². The number of aryl methyl sites for hydroxylation is 2. The van der Waals surface area contributed by atoms with E-state index in [9.17, 15) is 4.79 Å². The first-order chi connectivity index (χ1) is 15.1. The molecule has 0 saturated carbocycles. The number of hydrogen-bond donors (Lipinski definition) is 1. The molecule has 0 fully saturated rings. The zero-order valence-corrected chi connectivity index (χ0v) is 18.2. The summed E-state index contributed by atoms with van der Waals surface area (Å²) in [5, 5.41) is 11.9. The second kappa shape index (κ2) is 8.07. The molecule has 1 aliphatic rings. The van der Waals surface area contributed by atoms with Gasteiger partial charge in [0.05, 0.1) is 5.69 Å². The Balaban J connectivity index is 1.30. The molecule has 6 nitrogen and oxygen atoms in total. The molecule has 0 radical (unpaired) electrons. The third kappa shape index (κ3) is 4.01. The van der Waals surface area contributed by atoms with Crippen LogP contribution in [0.5, 0.6) is 0 Å². The predicted molar refractivity (Wildman–Crippen MR) is 121 cm³/mol. The van der Waals surface area contributed by atoms with Gasteiger partial charge in [-0.05, 0) is 68.0 Å². The maximum absolute atomic E-state index is 12.7. The van der Waals surface area contributed by atoms with Gasteiger partial charge in [-0.25, -0.2) is 4.98 Å². The normalized spacial score (nSPS) is 15.5. The van der Waals surface area contributed by atoms with Crippen LogP contribution in [0.1, 0.15) is 39.8 Å². The summed E-state index contributed by atoms with van der Waals surface area (Å²) in [7, 11) is 0. The quantitative estimate of drug-likeness (QED) is 0.459. The van der Waals surface area contributed by atoms with E-state index in [2.05, 4.69) is 27.4 Å². The molecule has 156 valence electrons. The molecule has 0 aliphatic heterocycles. The van der Waals surface area contributed by atoms with Gasteiger partial charge < -0.3 is 4.42 Å². The van der Waals surface area contributed by atoms with Gasteiger partial charge in [-0.2, -0.15) is 0 Å². The molecule has 0 spiro atoms.